The van der Waals surface area contributed by atoms with Crippen molar-refractivity contribution in [1.82, 2.24) is 9.97 Å². The molecule has 11 heteroatoms. The summed E-state index contributed by atoms with van der Waals surface area (Å²) < 4.78 is 45.9. The third-order valence-electron chi connectivity index (χ3n) is 5.46. The zero-order chi connectivity index (χ0) is 23.8. The number of carbonyl (C=O) groups is 1. The smallest absolute Gasteiger partial charge is 0.418 e. The van der Waals surface area contributed by atoms with Gasteiger partial charge in [-0.2, -0.15) is 13.2 Å². The molecule has 3 aromatic rings. The Morgan fingerprint density at radius 1 is 1.09 bits per heavy atom. The number of carbonyl (C=O) groups excluding carboxylic acids is 1. The van der Waals surface area contributed by atoms with E-state index in [1.165, 1.54) is 42.7 Å². The second kappa shape index (κ2) is 8.64. The van der Waals surface area contributed by atoms with Crippen LogP contribution in [0.15, 0.2) is 48.8 Å². The molecule has 0 radical (unpaired) electrons. The number of benzene rings is 2. The molecule has 4 rings (SSSR count). The summed E-state index contributed by atoms with van der Waals surface area (Å²) in [4.78, 5) is 32.7. The maximum absolute atomic E-state index is 13.4. The molecule has 2 aromatic carbocycles. The highest BCUT2D eigenvalue weighted by Gasteiger charge is 2.35. The predicted molar refractivity (Wildman–Crippen MR) is 113 cm³/mol. The third kappa shape index (κ3) is 4.71. The fourth-order valence-electron chi connectivity index (χ4n) is 4.04. The lowest BCUT2D eigenvalue weighted by molar-refractivity contribution is -0.384. The first-order valence-electron chi connectivity index (χ1n) is 10.1. The number of nitro groups is 1. The zero-order valence-electron chi connectivity index (χ0n) is 17.5. The minimum atomic E-state index is -4.56. The molecule has 1 aliphatic heterocycles. The number of ether oxygens (including phenoxy) is 1. The van der Waals surface area contributed by atoms with Crippen LogP contribution in [0.25, 0.3) is 11.0 Å². The van der Waals surface area contributed by atoms with Gasteiger partial charge in [-0.25, -0.2) is 4.79 Å². The first-order valence-corrected chi connectivity index (χ1v) is 10.1. The van der Waals surface area contributed by atoms with Crippen LogP contribution in [0, 0.1) is 16.0 Å². The quantitative estimate of drug-likeness (QED) is 0.318. The number of rotatable bonds is 4. The Labute approximate surface area is 186 Å². The van der Waals surface area contributed by atoms with Crippen molar-refractivity contribution in [3.8, 4) is 0 Å². The van der Waals surface area contributed by atoms with Crippen molar-refractivity contribution < 1.29 is 27.6 Å². The summed E-state index contributed by atoms with van der Waals surface area (Å²) in [6, 6.07) is 7.45. The van der Waals surface area contributed by atoms with Gasteiger partial charge < -0.3 is 9.64 Å². The Bertz CT molecular complexity index is 1200. The van der Waals surface area contributed by atoms with Crippen LogP contribution in [0.5, 0.6) is 0 Å². The molecule has 2 atom stereocenters. The van der Waals surface area contributed by atoms with Crippen LogP contribution in [-0.2, 0) is 10.9 Å². The van der Waals surface area contributed by atoms with Gasteiger partial charge in [0.05, 0.1) is 28.3 Å². The van der Waals surface area contributed by atoms with Crippen LogP contribution in [0.2, 0.25) is 0 Å². The molecule has 0 bridgehead atoms. The van der Waals surface area contributed by atoms with Gasteiger partial charge in [0.1, 0.15) is 17.1 Å². The van der Waals surface area contributed by atoms with Crippen molar-refractivity contribution in [3.63, 3.8) is 0 Å². The number of non-ortho nitro benzene ring substituents is 1. The average Bonchev–Trinajstić information content (AvgIpc) is 2.77. The van der Waals surface area contributed by atoms with Gasteiger partial charge in [-0.3, -0.25) is 20.1 Å². The molecule has 0 N–H and O–H groups in total. The number of alkyl halides is 3. The van der Waals surface area contributed by atoms with E-state index in [2.05, 4.69) is 9.97 Å². The first kappa shape index (κ1) is 22.4. The molecule has 0 saturated carbocycles. The summed E-state index contributed by atoms with van der Waals surface area (Å²) in [6.07, 6.45) is -1.96. The van der Waals surface area contributed by atoms with Crippen LogP contribution in [0.4, 0.5) is 24.5 Å². The predicted octanol–water partition coefficient (Wildman–Crippen LogP) is 4.63. The molecule has 8 nitrogen and oxygen atoms in total. The van der Waals surface area contributed by atoms with Crippen molar-refractivity contribution in [2.24, 2.45) is 5.92 Å². The number of fused-ring (bicyclic) bond motifs is 1. The van der Waals surface area contributed by atoms with Gasteiger partial charge in [-0.15, -0.1) is 0 Å². The Morgan fingerprint density at radius 2 is 1.76 bits per heavy atom. The average molecular weight is 460 g/mol. The van der Waals surface area contributed by atoms with Gasteiger partial charge in [-0.1, -0.05) is 6.92 Å². The third-order valence-corrected chi connectivity index (χ3v) is 5.46. The van der Waals surface area contributed by atoms with Crippen molar-refractivity contribution in [2.45, 2.75) is 25.6 Å². The molecule has 1 aromatic heterocycles. The summed E-state index contributed by atoms with van der Waals surface area (Å²) in [6.45, 7) is 2.76. The molecule has 1 aliphatic rings. The zero-order valence-corrected chi connectivity index (χ0v) is 17.5. The van der Waals surface area contributed by atoms with Gasteiger partial charge in [0.25, 0.3) is 5.69 Å². The van der Waals surface area contributed by atoms with Gasteiger partial charge in [-0.05, 0) is 36.6 Å². The standard InChI is InChI=1S/C22H19F3N4O4/c1-13-10-16(33-21(30)14-2-4-15(5-3-14)29(31)32)12-28(11-13)18-7-6-17(22(23,24)25)19-20(18)27-9-8-26-19/h2-9,13,16H,10-12H2,1H3/t13-,16-/m0/s1. The second-order valence-corrected chi connectivity index (χ2v) is 7.96. The Morgan fingerprint density at radius 3 is 2.39 bits per heavy atom. The topological polar surface area (TPSA) is 98.5 Å². The lowest BCUT2D eigenvalue weighted by atomic mass is 9.96. The van der Waals surface area contributed by atoms with E-state index in [0.29, 0.717) is 18.7 Å². The number of hydrogen-bond acceptors (Lipinski definition) is 7. The number of nitro benzene ring substituents is 1. The highest BCUT2D eigenvalue weighted by atomic mass is 19.4. The Balaban J connectivity index is 1.57. The summed E-state index contributed by atoms with van der Waals surface area (Å²) in [7, 11) is 0. The molecule has 0 spiro atoms. The molecule has 172 valence electrons. The SMILES string of the molecule is C[C@H]1C[C@H](OC(=O)c2ccc([N+](=O)[O-])cc2)CN(c2ccc(C(F)(F)F)c3nccnc23)C1. The largest absolute Gasteiger partial charge is 0.457 e. The first-order chi connectivity index (χ1) is 15.6. The molecule has 1 saturated heterocycles. The van der Waals surface area contributed by atoms with Crippen LogP contribution in [0.3, 0.4) is 0 Å². The van der Waals surface area contributed by atoms with E-state index in [-0.39, 0.29) is 34.7 Å². The van der Waals surface area contributed by atoms with E-state index in [1.54, 1.807) is 0 Å². The summed E-state index contributed by atoms with van der Waals surface area (Å²) in [5.41, 5.74) is -0.452. The fraction of sp³-hybridized carbons (Fsp3) is 0.318. The van der Waals surface area contributed by atoms with E-state index >= 15 is 0 Å². The van der Waals surface area contributed by atoms with Crippen LogP contribution >= 0.6 is 0 Å². The molecule has 0 unspecified atom stereocenters. The molecule has 33 heavy (non-hydrogen) atoms. The molecule has 0 aliphatic carbocycles. The van der Waals surface area contributed by atoms with Crippen molar-refractivity contribution >= 4 is 28.4 Å². The van der Waals surface area contributed by atoms with Crippen molar-refractivity contribution in [2.75, 3.05) is 18.0 Å². The number of aromatic nitrogens is 2. The molecular formula is C22H19F3N4O4. The lowest BCUT2D eigenvalue weighted by Crippen LogP contribution is -2.44. The highest BCUT2D eigenvalue weighted by molar-refractivity contribution is 5.91. The lowest BCUT2D eigenvalue weighted by Gasteiger charge is -2.37. The number of piperidine rings is 1. The van der Waals surface area contributed by atoms with E-state index in [0.717, 1.165) is 6.07 Å². The van der Waals surface area contributed by atoms with Crippen LogP contribution in [-0.4, -0.2) is 40.1 Å². The van der Waals surface area contributed by atoms with Crippen LogP contribution < -0.4 is 4.90 Å². The van der Waals surface area contributed by atoms with Gasteiger partial charge in [0.2, 0.25) is 0 Å². The molecule has 0 amide bonds. The highest BCUT2D eigenvalue weighted by Crippen LogP contribution is 2.38. The van der Waals surface area contributed by atoms with E-state index in [4.69, 9.17) is 4.74 Å². The van der Waals surface area contributed by atoms with E-state index < -0.39 is 28.7 Å². The minimum absolute atomic E-state index is 0.0856. The number of halogens is 3. The molecule has 2 heterocycles. The van der Waals surface area contributed by atoms with Crippen molar-refractivity contribution in [1.29, 1.82) is 0 Å². The Hall–Kier alpha value is -3.76. The Kier molecular flexibility index (Phi) is 5.88. The number of anilines is 1. The summed E-state index contributed by atoms with van der Waals surface area (Å²) >= 11 is 0. The van der Waals surface area contributed by atoms with Gasteiger partial charge >= 0.3 is 12.1 Å². The van der Waals surface area contributed by atoms with Gasteiger partial charge in [0, 0.05) is 31.1 Å². The fourth-order valence-corrected chi connectivity index (χ4v) is 4.04. The van der Waals surface area contributed by atoms with Gasteiger partial charge in [0.15, 0.2) is 0 Å². The van der Waals surface area contributed by atoms with Crippen molar-refractivity contribution in [3.05, 3.63) is 70.0 Å². The summed E-state index contributed by atoms with van der Waals surface area (Å²) in [5, 5.41) is 10.8. The number of esters is 1. The minimum Gasteiger partial charge on any atom is -0.457 e. The maximum Gasteiger partial charge on any atom is 0.418 e. The molecule has 1 fully saturated rings. The van der Waals surface area contributed by atoms with E-state index in [9.17, 15) is 28.1 Å². The maximum atomic E-state index is 13.4. The number of hydrogen-bond donors (Lipinski definition) is 0. The number of nitrogens with zero attached hydrogens (tertiary/aromatic N) is 4. The van der Waals surface area contributed by atoms with Crippen LogP contribution in [0.1, 0.15) is 29.3 Å². The monoisotopic (exact) mass is 460 g/mol. The van der Waals surface area contributed by atoms with E-state index in [1.807, 2.05) is 11.8 Å². The normalized spacial score (nSPS) is 18.8. The summed E-state index contributed by atoms with van der Waals surface area (Å²) in [5.74, 6) is -0.538. The molecular weight excluding hydrogens is 441 g/mol. The second-order valence-electron chi connectivity index (χ2n) is 7.96.